The summed E-state index contributed by atoms with van der Waals surface area (Å²) in [6.07, 6.45) is 34.7. The van der Waals surface area contributed by atoms with Gasteiger partial charge in [0.1, 0.15) is 0 Å². The SMILES string of the molecule is CC(C)(C)O[PH](=O)OC(C)(C)C.CC/C=C\C/C=C\C/C=C\C/C=C\C/C=C\C/C=C\CC(CC)CO. The van der Waals surface area contributed by atoms with Crippen LogP contribution in [0, 0.1) is 5.92 Å². The second-order valence-corrected chi connectivity index (χ2v) is 11.7. The molecule has 0 aromatic carbocycles. The molecule has 0 bridgehead atoms. The van der Waals surface area contributed by atoms with E-state index in [2.05, 4.69) is 86.8 Å². The summed E-state index contributed by atoms with van der Waals surface area (Å²) in [6.45, 7) is 15.7. The minimum atomic E-state index is -2.35. The molecule has 0 saturated carbocycles. The number of rotatable bonds is 17. The summed E-state index contributed by atoms with van der Waals surface area (Å²) in [7, 11) is -2.35. The largest absolute Gasteiger partial charge is 0.396 e. The second-order valence-electron chi connectivity index (χ2n) is 10.8. The van der Waals surface area contributed by atoms with Gasteiger partial charge in [-0.15, -0.1) is 0 Å². The zero-order chi connectivity index (χ0) is 28.4. The Hall–Kier alpha value is -1.45. The highest BCUT2D eigenvalue weighted by Crippen LogP contribution is 2.35. The number of aliphatic hydroxyl groups is 1. The summed E-state index contributed by atoms with van der Waals surface area (Å²) < 4.78 is 21.5. The predicted octanol–water partition coefficient (Wildman–Crippen LogP) is 10.1. The van der Waals surface area contributed by atoms with Crippen LogP contribution in [0.2, 0.25) is 0 Å². The van der Waals surface area contributed by atoms with E-state index in [1.807, 2.05) is 41.5 Å². The third kappa shape index (κ3) is 34.5. The molecule has 1 unspecified atom stereocenters. The first-order chi connectivity index (χ1) is 17.4. The van der Waals surface area contributed by atoms with E-state index >= 15 is 0 Å². The van der Waals surface area contributed by atoms with Crippen molar-refractivity contribution in [1.82, 2.24) is 0 Å². The number of hydrogen-bond acceptors (Lipinski definition) is 4. The van der Waals surface area contributed by atoms with Gasteiger partial charge in [-0.25, -0.2) is 0 Å². The van der Waals surface area contributed by atoms with E-state index in [1.165, 1.54) is 0 Å². The summed E-state index contributed by atoms with van der Waals surface area (Å²) >= 11 is 0. The predicted molar refractivity (Wildman–Crippen MR) is 164 cm³/mol. The Bertz CT molecular complexity index is 694. The van der Waals surface area contributed by atoms with Crippen LogP contribution in [-0.2, 0) is 13.6 Å². The van der Waals surface area contributed by atoms with Crippen molar-refractivity contribution >= 4 is 8.25 Å². The van der Waals surface area contributed by atoms with E-state index in [-0.39, 0.29) is 0 Å². The molecule has 0 fully saturated rings. The lowest BCUT2D eigenvalue weighted by Gasteiger charge is -2.23. The van der Waals surface area contributed by atoms with Crippen LogP contribution in [0.4, 0.5) is 0 Å². The van der Waals surface area contributed by atoms with E-state index in [1.54, 1.807) is 0 Å². The van der Waals surface area contributed by atoms with Crippen LogP contribution in [0.5, 0.6) is 0 Å². The van der Waals surface area contributed by atoms with Crippen LogP contribution >= 0.6 is 8.25 Å². The van der Waals surface area contributed by atoms with E-state index in [9.17, 15) is 4.57 Å². The maximum Gasteiger partial charge on any atom is 0.320 e. The zero-order valence-electron chi connectivity index (χ0n) is 25.0. The molecule has 0 aliphatic heterocycles. The second kappa shape index (κ2) is 24.9. The van der Waals surface area contributed by atoms with Gasteiger partial charge < -0.3 is 14.2 Å². The number of hydrogen-bond donors (Lipinski definition) is 1. The van der Waals surface area contributed by atoms with Crippen LogP contribution in [0.15, 0.2) is 72.9 Å². The molecule has 0 aromatic rings. The topological polar surface area (TPSA) is 55.8 Å². The summed E-state index contributed by atoms with van der Waals surface area (Å²) in [5, 5.41) is 9.10. The molecule has 0 aliphatic rings. The third-order valence-electron chi connectivity index (χ3n) is 4.68. The minimum Gasteiger partial charge on any atom is -0.396 e. The molecule has 1 N–H and O–H groups in total. The normalized spacial score (nSPS) is 14.3. The lowest BCUT2D eigenvalue weighted by molar-refractivity contribution is 0.0634. The van der Waals surface area contributed by atoms with Crippen molar-refractivity contribution in [2.75, 3.05) is 6.61 Å². The van der Waals surface area contributed by atoms with Crippen LogP contribution in [0.1, 0.15) is 107 Å². The van der Waals surface area contributed by atoms with Crippen molar-refractivity contribution < 1.29 is 18.7 Å². The Morgan fingerprint density at radius 1 is 0.622 bits per heavy atom. The highest BCUT2D eigenvalue weighted by Gasteiger charge is 2.20. The molecule has 1 atom stereocenters. The molecule has 0 aromatic heterocycles. The molecule has 0 amide bonds. The molecule has 0 saturated heterocycles. The van der Waals surface area contributed by atoms with Crippen molar-refractivity contribution in [2.45, 2.75) is 118 Å². The van der Waals surface area contributed by atoms with Crippen molar-refractivity contribution in [3.8, 4) is 0 Å². The average Bonchev–Trinajstić information content (AvgIpc) is 2.78. The van der Waals surface area contributed by atoms with Crippen LogP contribution < -0.4 is 0 Å². The average molecular weight is 537 g/mol. The van der Waals surface area contributed by atoms with Crippen LogP contribution in [0.3, 0.4) is 0 Å². The van der Waals surface area contributed by atoms with E-state index in [4.69, 9.17) is 14.2 Å². The van der Waals surface area contributed by atoms with E-state index < -0.39 is 19.5 Å². The maximum absolute atomic E-state index is 11.2. The Morgan fingerprint density at radius 2 is 0.946 bits per heavy atom. The zero-order valence-corrected chi connectivity index (χ0v) is 26.0. The minimum absolute atomic E-state index is 0.294. The molecule has 0 aliphatic carbocycles. The van der Waals surface area contributed by atoms with Gasteiger partial charge in [-0.2, -0.15) is 0 Å². The standard InChI is InChI=1S/C24H38O.C8H19O3P/c1-3-5-6-7-8-9-10-11-12-13-14-15-16-17-18-19-20-21-22-24(4-2)23-25;1-7(2,3)10-12(9)11-8(4,5)6/h5-6,8-9,11-12,14-15,17-18,20-21,24-25H,3-4,7,10,13,16,19,22-23H2,1-2H3;12H,1-6H3/b6-5-,9-8-,12-11-,15-14-,18-17-,21-20-;. The molecule has 5 heteroatoms. The Labute approximate surface area is 230 Å². The lowest BCUT2D eigenvalue weighted by atomic mass is 10.0. The molecule has 0 heterocycles. The quantitative estimate of drug-likeness (QED) is 0.148. The monoisotopic (exact) mass is 536 g/mol. The number of allylic oxidation sites excluding steroid dienone is 12. The Kier molecular flexibility index (Phi) is 25.3. The highest BCUT2D eigenvalue weighted by atomic mass is 31.1. The van der Waals surface area contributed by atoms with Gasteiger partial charge in [0.05, 0.1) is 11.2 Å². The fourth-order valence-electron chi connectivity index (χ4n) is 2.70. The fraction of sp³-hybridized carbons (Fsp3) is 0.625. The smallest absolute Gasteiger partial charge is 0.320 e. The van der Waals surface area contributed by atoms with E-state index in [0.717, 1.165) is 51.4 Å². The van der Waals surface area contributed by atoms with Crippen LogP contribution in [-0.4, -0.2) is 22.9 Å². The van der Waals surface area contributed by atoms with Gasteiger partial charge in [-0.05, 0) is 92.4 Å². The molecule has 0 spiro atoms. The number of aliphatic hydroxyl groups excluding tert-OH is 1. The first-order valence-corrected chi connectivity index (χ1v) is 15.1. The summed E-state index contributed by atoms with van der Waals surface area (Å²) in [4.78, 5) is 0. The first-order valence-electron chi connectivity index (χ1n) is 13.9. The summed E-state index contributed by atoms with van der Waals surface area (Å²) in [5.41, 5.74) is -0.803. The molecule has 0 rings (SSSR count). The van der Waals surface area contributed by atoms with Crippen LogP contribution in [0.25, 0.3) is 0 Å². The van der Waals surface area contributed by atoms with Crippen molar-refractivity contribution in [2.24, 2.45) is 5.92 Å². The summed E-state index contributed by atoms with van der Waals surface area (Å²) in [6, 6.07) is 0. The molecular formula is C32H57O4P. The molecule has 0 radical (unpaired) electrons. The van der Waals surface area contributed by atoms with Gasteiger partial charge in [-0.1, -0.05) is 93.2 Å². The van der Waals surface area contributed by atoms with Gasteiger partial charge in [0, 0.05) is 6.61 Å². The van der Waals surface area contributed by atoms with Gasteiger partial charge >= 0.3 is 8.25 Å². The Balaban J connectivity index is 0. The first kappa shape index (κ1) is 37.7. The summed E-state index contributed by atoms with van der Waals surface area (Å²) in [5.74, 6) is 0.421. The maximum atomic E-state index is 11.2. The van der Waals surface area contributed by atoms with Crippen molar-refractivity contribution in [3.63, 3.8) is 0 Å². The molecule has 37 heavy (non-hydrogen) atoms. The van der Waals surface area contributed by atoms with Gasteiger partial charge in [0.25, 0.3) is 0 Å². The fourth-order valence-corrected chi connectivity index (χ4v) is 3.74. The van der Waals surface area contributed by atoms with Gasteiger partial charge in [0.15, 0.2) is 0 Å². The Morgan fingerprint density at radius 3 is 1.22 bits per heavy atom. The van der Waals surface area contributed by atoms with Gasteiger partial charge in [-0.3, -0.25) is 4.57 Å². The van der Waals surface area contributed by atoms with Crippen molar-refractivity contribution in [3.05, 3.63) is 72.9 Å². The highest BCUT2D eigenvalue weighted by molar-refractivity contribution is 7.33. The molecular weight excluding hydrogens is 479 g/mol. The third-order valence-corrected chi connectivity index (χ3v) is 6.24. The van der Waals surface area contributed by atoms with Crippen molar-refractivity contribution in [1.29, 1.82) is 0 Å². The van der Waals surface area contributed by atoms with E-state index in [0.29, 0.717) is 12.5 Å². The molecule has 4 nitrogen and oxygen atoms in total. The molecule has 214 valence electrons. The van der Waals surface area contributed by atoms with Gasteiger partial charge in [0.2, 0.25) is 0 Å². The lowest BCUT2D eigenvalue weighted by Crippen LogP contribution is -2.19.